The molecule has 3 atom stereocenters. The molecule has 1 aromatic heterocycles. The van der Waals surface area contributed by atoms with E-state index in [9.17, 15) is 4.79 Å². The first-order valence-electron chi connectivity index (χ1n) is 7.99. The summed E-state index contributed by atoms with van der Waals surface area (Å²) in [4.78, 5) is 13.4. The zero-order valence-electron chi connectivity index (χ0n) is 13.3. The fourth-order valence-corrected chi connectivity index (χ4v) is 3.28. The molecule has 0 aliphatic carbocycles. The van der Waals surface area contributed by atoms with E-state index in [0.29, 0.717) is 12.0 Å². The Morgan fingerprint density at radius 1 is 1.52 bits per heavy atom. The van der Waals surface area contributed by atoms with E-state index in [4.69, 9.17) is 5.11 Å². The van der Waals surface area contributed by atoms with Crippen LogP contribution in [0, 0.1) is 11.8 Å². The number of rotatable bonds is 6. The zero-order valence-corrected chi connectivity index (χ0v) is 13.3. The van der Waals surface area contributed by atoms with Gasteiger partial charge in [0.15, 0.2) is 0 Å². The van der Waals surface area contributed by atoms with Crippen LogP contribution < -0.4 is 0 Å². The quantitative estimate of drug-likeness (QED) is 0.876. The fourth-order valence-electron chi connectivity index (χ4n) is 3.28. The highest BCUT2D eigenvalue weighted by Gasteiger charge is 2.29. The maximum atomic E-state index is 10.9. The number of likely N-dealkylation sites (tertiary alicyclic amines) is 1. The van der Waals surface area contributed by atoms with Gasteiger partial charge in [0.1, 0.15) is 0 Å². The van der Waals surface area contributed by atoms with E-state index in [0.717, 1.165) is 32.5 Å². The van der Waals surface area contributed by atoms with Gasteiger partial charge in [-0.25, -0.2) is 0 Å². The van der Waals surface area contributed by atoms with E-state index < -0.39 is 5.97 Å². The Hall–Kier alpha value is -1.36. The first-order valence-corrected chi connectivity index (χ1v) is 7.99. The summed E-state index contributed by atoms with van der Waals surface area (Å²) >= 11 is 0. The molecule has 0 saturated carbocycles. The van der Waals surface area contributed by atoms with Crippen molar-refractivity contribution in [2.45, 2.75) is 52.6 Å². The van der Waals surface area contributed by atoms with Crippen molar-refractivity contribution >= 4 is 5.97 Å². The Kier molecular flexibility index (Phi) is 5.39. The molecule has 0 amide bonds. The van der Waals surface area contributed by atoms with E-state index in [1.54, 1.807) is 0 Å². The van der Waals surface area contributed by atoms with Gasteiger partial charge < -0.3 is 5.11 Å². The van der Waals surface area contributed by atoms with Crippen LogP contribution in [0.5, 0.6) is 0 Å². The van der Waals surface area contributed by atoms with Crippen molar-refractivity contribution in [1.82, 2.24) is 14.7 Å². The molecule has 1 fully saturated rings. The summed E-state index contributed by atoms with van der Waals surface area (Å²) in [7, 11) is 0. The molecule has 2 rings (SSSR count). The molecule has 1 aliphatic rings. The third-order valence-electron chi connectivity index (χ3n) is 4.80. The van der Waals surface area contributed by atoms with Crippen molar-refractivity contribution in [2.24, 2.45) is 11.8 Å². The molecule has 21 heavy (non-hydrogen) atoms. The summed E-state index contributed by atoms with van der Waals surface area (Å²) in [6.07, 6.45) is 6.65. The van der Waals surface area contributed by atoms with Gasteiger partial charge in [0.2, 0.25) is 0 Å². The molecular weight excluding hydrogens is 266 g/mol. The number of carbonyl (C=O) groups is 1. The minimum Gasteiger partial charge on any atom is -0.481 e. The predicted octanol–water partition coefficient (Wildman–Crippen LogP) is 2.79. The SMILES string of the molecule is CCn1cc(C(C)N2CCCC(C(C)CC(=O)O)C2)cn1. The van der Waals surface area contributed by atoms with Gasteiger partial charge >= 0.3 is 5.97 Å². The zero-order chi connectivity index (χ0) is 15.4. The lowest BCUT2D eigenvalue weighted by Crippen LogP contribution is -2.39. The molecular formula is C16H27N3O2. The van der Waals surface area contributed by atoms with Crippen LogP contribution in [0.1, 0.15) is 51.6 Å². The van der Waals surface area contributed by atoms with Crippen LogP contribution in [0.15, 0.2) is 12.4 Å². The van der Waals surface area contributed by atoms with Crippen molar-refractivity contribution in [3.05, 3.63) is 18.0 Å². The van der Waals surface area contributed by atoms with Gasteiger partial charge in [-0.15, -0.1) is 0 Å². The van der Waals surface area contributed by atoms with Crippen LogP contribution >= 0.6 is 0 Å². The van der Waals surface area contributed by atoms with Crippen molar-refractivity contribution < 1.29 is 9.90 Å². The lowest BCUT2D eigenvalue weighted by molar-refractivity contribution is -0.138. The number of carboxylic acid groups (broad SMARTS) is 1. The first kappa shape index (κ1) is 16.0. The van der Waals surface area contributed by atoms with Crippen molar-refractivity contribution in [1.29, 1.82) is 0 Å². The summed E-state index contributed by atoms with van der Waals surface area (Å²) in [5.74, 6) is 0.0475. The summed E-state index contributed by atoms with van der Waals surface area (Å²) < 4.78 is 1.96. The van der Waals surface area contributed by atoms with E-state index in [2.05, 4.69) is 37.0 Å². The lowest BCUT2D eigenvalue weighted by Gasteiger charge is -2.38. The van der Waals surface area contributed by atoms with E-state index in [-0.39, 0.29) is 12.3 Å². The maximum absolute atomic E-state index is 10.9. The summed E-state index contributed by atoms with van der Waals surface area (Å²) in [5, 5.41) is 13.3. The molecule has 0 bridgehead atoms. The summed E-state index contributed by atoms with van der Waals surface area (Å²) in [6, 6.07) is 0.352. The van der Waals surface area contributed by atoms with Crippen LogP contribution in [-0.4, -0.2) is 38.8 Å². The second-order valence-electron chi connectivity index (χ2n) is 6.28. The number of carboxylic acids is 1. The third kappa shape index (κ3) is 4.06. The Balaban J connectivity index is 1.98. The van der Waals surface area contributed by atoms with Gasteiger partial charge in [-0.3, -0.25) is 14.4 Å². The normalized spacial score (nSPS) is 22.9. The second-order valence-corrected chi connectivity index (χ2v) is 6.28. The average Bonchev–Trinajstić information content (AvgIpc) is 2.95. The number of piperidine rings is 1. The molecule has 3 unspecified atom stereocenters. The Labute approximate surface area is 126 Å². The van der Waals surface area contributed by atoms with Gasteiger partial charge in [0.05, 0.1) is 6.20 Å². The molecule has 1 aromatic rings. The number of hydrogen-bond donors (Lipinski definition) is 1. The Morgan fingerprint density at radius 3 is 2.90 bits per heavy atom. The van der Waals surface area contributed by atoms with Crippen molar-refractivity contribution in [2.75, 3.05) is 13.1 Å². The molecule has 0 aromatic carbocycles. The molecule has 0 radical (unpaired) electrons. The molecule has 1 saturated heterocycles. The van der Waals surface area contributed by atoms with Crippen LogP contribution in [0.4, 0.5) is 0 Å². The smallest absolute Gasteiger partial charge is 0.303 e. The molecule has 2 heterocycles. The molecule has 0 spiro atoms. The minimum atomic E-state index is -0.683. The average molecular weight is 293 g/mol. The van der Waals surface area contributed by atoms with Crippen LogP contribution in [0.2, 0.25) is 0 Å². The van der Waals surface area contributed by atoms with Crippen LogP contribution in [0.25, 0.3) is 0 Å². The maximum Gasteiger partial charge on any atom is 0.303 e. The number of nitrogens with zero attached hydrogens (tertiary/aromatic N) is 3. The number of aromatic nitrogens is 2. The van der Waals surface area contributed by atoms with E-state index >= 15 is 0 Å². The van der Waals surface area contributed by atoms with Gasteiger partial charge in [-0.05, 0) is 45.1 Å². The molecule has 5 heteroatoms. The third-order valence-corrected chi connectivity index (χ3v) is 4.80. The fraction of sp³-hybridized carbons (Fsp3) is 0.750. The largest absolute Gasteiger partial charge is 0.481 e. The molecule has 5 nitrogen and oxygen atoms in total. The number of hydrogen-bond acceptors (Lipinski definition) is 3. The van der Waals surface area contributed by atoms with Gasteiger partial charge in [0.25, 0.3) is 0 Å². The van der Waals surface area contributed by atoms with Gasteiger partial charge in [0, 0.05) is 37.3 Å². The summed E-state index contributed by atoms with van der Waals surface area (Å²) in [6.45, 7) is 9.36. The first-order chi connectivity index (χ1) is 10.0. The summed E-state index contributed by atoms with van der Waals surface area (Å²) in [5.41, 5.74) is 1.25. The van der Waals surface area contributed by atoms with Gasteiger partial charge in [-0.2, -0.15) is 5.10 Å². The standard InChI is InChI=1S/C16H27N3O2/c1-4-19-11-15(9-17-19)13(3)18-7-5-6-14(10-18)12(2)8-16(20)21/h9,11-14H,4-8,10H2,1-3H3,(H,20,21). The van der Waals surface area contributed by atoms with Crippen molar-refractivity contribution in [3.63, 3.8) is 0 Å². The van der Waals surface area contributed by atoms with Crippen LogP contribution in [0.3, 0.4) is 0 Å². The van der Waals surface area contributed by atoms with E-state index in [1.807, 2.05) is 10.9 Å². The molecule has 1 aliphatic heterocycles. The minimum absolute atomic E-state index is 0.246. The molecule has 1 N–H and O–H groups in total. The Morgan fingerprint density at radius 2 is 2.29 bits per heavy atom. The topological polar surface area (TPSA) is 58.4 Å². The van der Waals surface area contributed by atoms with Crippen molar-refractivity contribution in [3.8, 4) is 0 Å². The van der Waals surface area contributed by atoms with Gasteiger partial charge in [-0.1, -0.05) is 6.92 Å². The highest BCUT2D eigenvalue weighted by Crippen LogP contribution is 2.31. The number of aryl methyl sites for hydroxylation is 1. The highest BCUT2D eigenvalue weighted by atomic mass is 16.4. The second kappa shape index (κ2) is 7.07. The lowest BCUT2D eigenvalue weighted by atomic mass is 9.84. The highest BCUT2D eigenvalue weighted by molar-refractivity contribution is 5.67. The monoisotopic (exact) mass is 293 g/mol. The van der Waals surface area contributed by atoms with E-state index in [1.165, 1.54) is 5.56 Å². The molecule has 118 valence electrons. The number of aliphatic carboxylic acids is 1. The predicted molar refractivity (Wildman–Crippen MR) is 82.0 cm³/mol. The Bertz CT molecular complexity index is 472. The van der Waals surface area contributed by atoms with Crippen LogP contribution in [-0.2, 0) is 11.3 Å².